The number of anilines is 1. The van der Waals surface area contributed by atoms with Crippen molar-refractivity contribution in [3.63, 3.8) is 0 Å². The van der Waals surface area contributed by atoms with Crippen molar-refractivity contribution in [3.05, 3.63) is 66.6 Å². The normalized spacial score (nSPS) is 12.1. The van der Waals surface area contributed by atoms with Gasteiger partial charge in [0.1, 0.15) is 12.1 Å². The minimum atomic E-state index is 0.177. The zero-order chi connectivity index (χ0) is 14.7. The molecule has 0 amide bonds. The number of nitrogens with zero attached hydrogens (tertiary/aromatic N) is 4. The fraction of sp³-hybridized carbons (Fsp3) is 0.188. The molecule has 0 aliphatic rings. The van der Waals surface area contributed by atoms with Gasteiger partial charge in [0.25, 0.3) is 0 Å². The van der Waals surface area contributed by atoms with Crippen LogP contribution in [0.3, 0.4) is 0 Å². The summed E-state index contributed by atoms with van der Waals surface area (Å²) in [5, 5.41) is 3.38. The van der Waals surface area contributed by atoms with Gasteiger partial charge in [-0.25, -0.2) is 15.0 Å². The maximum atomic E-state index is 4.23. The Bertz CT molecular complexity index is 704. The average Bonchev–Trinajstić information content (AvgIpc) is 3.01. The summed E-state index contributed by atoms with van der Waals surface area (Å²) in [6, 6.07) is 10.5. The van der Waals surface area contributed by atoms with Gasteiger partial charge in [-0.2, -0.15) is 0 Å². The predicted molar refractivity (Wildman–Crippen MR) is 82.4 cm³/mol. The van der Waals surface area contributed by atoms with E-state index in [4.69, 9.17) is 0 Å². The predicted octanol–water partition coefficient (Wildman–Crippen LogP) is 3.14. The molecule has 1 aromatic carbocycles. The van der Waals surface area contributed by atoms with Crippen LogP contribution in [0.4, 0.5) is 5.82 Å². The molecule has 0 fully saturated rings. The van der Waals surface area contributed by atoms with Crippen molar-refractivity contribution >= 4 is 5.82 Å². The molecule has 106 valence electrons. The Morgan fingerprint density at radius 3 is 2.62 bits per heavy atom. The standard InChI is InChI=1S/C16H17N5/c1-12-9-16(19-10-18-12)20-13(2)14-3-5-15(6-4-14)21-8-7-17-11-21/h3-11,13H,1-2H3,(H,18,19,20)/t13-/m1/s1. The van der Waals surface area contributed by atoms with Gasteiger partial charge in [0.15, 0.2) is 0 Å². The lowest BCUT2D eigenvalue weighted by molar-refractivity contribution is 0.868. The minimum absolute atomic E-state index is 0.177. The summed E-state index contributed by atoms with van der Waals surface area (Å²) in [4.78, 5) is 12.4. The Kier molecular flexibility index (Phi) is 3.64. The number of hydrogen-bond donors (Lipinski definition) is 1. The second-order valence-electron chi connectivity index (χ2n) is 4.97. The maximum absolute atomic E-state index is 4.23. The van der Waals surface area contributed by atoms with Crippen LogP contribution in [0.1, 0.15) is 24.2 Å². The number of nitrogens with one attached hydrogen (secondary N) is 1. The second kappa shape index (κ2) is 5.75. The number of hydrogen-bond acceptors (Lipinski definition) is 4. The number of imidazole rings is 1. The molecule has 0 bridgehead atoms. The molecule has 0 saturated heterocycles. The molecule has 1 atom stereocenters. The highest BCUT2D eigenvalue weighted by Gasteiger charge is 2.06. The Morgan fingerprint density at radius 1 is 1.14 bits per heavy atom. The van der Waals surface area contributed by atoms with Gasteiger partial charge in [-0.15, -0.1) is 0 Å². The quantitative estimate of drug-likeness (QED) is 0.797. The molecule has 0 unspecified atom stereocenters. The van der Waals surface area contributed by atoms with E-state index in [1.165, 1.54) is 5.56 Å². The Balaban J connectivity index is 1.74. The Morgan fingerprint density at radius 2 is 1.95 bits per heavy atom. The van der Waals surface area contributed by atoms with Crippen LogP contribution in [0.2, 0.25) is 0 Å². The van der Waals surface area contributed by atoms with Crippen LogP contribution >= 0.6 is 0 Å². The van der Waals surface area contributed by atoms with Crippen LogP contribution in [0.15, 0.2) is 55.4 Å². The fourth-order valence-electron chi connectivity index (χ4n) is 2.19. The maximum Gasteiger partial charge on any atom is 0.130 e. The van der Waals surface area contributed by atoms with Gasteiger partial charge in [0, 0.05) is 35.9 Å². The SMILES string of the molecule is Cc1cc(N[C@H](C)c2ccc(-n3ccnc3)cc2)ncn1. The summed E-state index contributed by atoms with van der Waals surface area (Å²) >= 11 is 0. The van der Waals surface area contributed by atoms with Crippen molar-refractivity contribution in [2.24, 2.45) is 0 Å². The lowest BCUT2D eigenvalue weighted by Gasteiger charge is -2.15. The molecule has 0 aliphatic heterocycles. The van der Waals surface area contributed by atoms with Gasteiger partial charge in [-0.3, -0.25) is 0 Å². The second-order valence-corrected chi connectivity index (χ2v) is 4.97. The number of aryl methyl sites for hydroxylation is 1. The van der Waals surface area contributed by atoms with Crippen LogP contribution in [-0.4, -0.2) is 19.5 Å². The molecule has 3 rings (SSSR count). The Labute approximate surface area is 123 Å². The van der Waals surface area contributed by atoms with E-state index in [9.17, 15) is 0 Å². The largest absolute Gasteiger partial charge is 0.363 e. The molecule has 1 N–H and O–H groups in total. The first-order valence-corrected chi connectivity index (χ1v) is 6.86. The first-order valence-electron chi connectivity index (χ1n) is 6.86. The van der Waals surface area contributed by atoms with E-state index in [-0.39, 0.29) is 6.04 Å². The lowest BCUT2D eigenvalue weighted by atomic mass is 10.1. The first kappa shape index (κ1) is 13.3. The number of aromatic nitrogens is 4. The van der Waals surface area contributed by atoms with Gasteiger partial charge in [0.2, 0.25) is 0 Å². The van der Waals surface area contributed by atoms with Crippen LogP contribution in [0.25, 0.3) is 5.69 Å². The Hall–Kier alpha value is -2.69. The van der Waals surface area contributed by atoms with Gasteiger partial charge in [0.05, 0.1) is 6.33 Å². The van der Waals surface area contributed by atoms with E-state index >= 15 is 0 Å². The minimum Gasteiger partial charge on any atom is -0.363 e. The molecule has 0 aliphatic carbocycles. The van der Waals surface area contributed by atoms with E-state index in [0.29, 0.717) is 0 Å². The van der Waals surface area contributed by atoms with E-state index in [2.05, 4.69) is 51.5 Å². The van der Waals surface area contributed by atoms with Crippen molar-refractivity contribution in [2.45, 2.75) is 19.9 Å². The van der Waals surface area contributed by atoms with Crippen molar-refractivity contribution in [2.75, 3.05) is 5.32 Å². The zero-order valence-corrected chi connectivity index (χ0v) is 12.1. The van der Waals surface area contributed by atoms with Crippen molar-refractivity contribution < 1.29 is 0 Å². The van der Waals surface area contributed by atoms with Crippen molar-refractivity contribution in [3.8, 4) is 5.69 Å². The molecule has 2 aromatic heterocycles. The summed E-state index contributed by atoms with van der Waals surface area (Å²) < 4.78 is 1.98. The molecule has 0 radical (unpaired) electrons. The van der Waals surface area contributed by atoms with E-state index in [0.717, 1.165) is 17.2 Å². The highest BCUT2D eigenvalue weighted by atomic mass is 15.0. The average molecular weight is 279 g/mol. The van der Waals surface area contributed by atoms with Crippen LogP contribution < -0.4 is 5.32 Å². The number of benzene rings is 1. The highest BCUT2D eigenvalue weighted by molar-refractivity contribution is 5.41. The smallest absolute Gasteiger partial charge is 0.130 e. The van der Waals surface area contributed by atoms with Gasteiger partial charge < -0.3 is 9.88 Å². The van der Waals surface area contributed by atoms with Crippen molar-refractivity contribution in [1.82, 2.24) is 19.5 Å². The monoisotopic (exact) mass is 279 g/mol. The fourth-order valence-corrected chi connectivity index (χ4v) is 2.19. The van der Waals surface area contributed by atoms with E-state index < -0.39 is 0 Å². The zero-order valence-electron chi connectivity index (χ0n) is 12.1. The lowest BCUT2D eigenvalue weighted by Crippen LogP contribution is -2.08. The van der Waals surface area contributed by atoms with Gasteiger partial charge in [-0.05, 0) is 31.5 Å². The van der Waals surface area contributed by atoms with Crippen molar-refractivity contribution in [1.29, 1.82) is 0 Å². The molecule has 21 heavy (non-hydrogen) atoms. The van der Waals surface area contributed by atoms with E-state index in [1.807, 2.05) is 23.8 Å². The van der Waals surface area contributed by atoms with E-state index in [1.54, 1.807) is 18.9 Å². The summed E-state index contributed by atoms with van der Waals surface area (Å²) in [6.07, 6.45) is 7.07. The molecule has 5 nitrogen and oxygen atoms in total. The van der Waals surface area contributed by atoms with Crippen LogP contribution in [-0.2, 0) is 0 Å². The highest BCUT2D eigenvalue weighted by Crippen LogP contribution is 2.19. The molecule has 0 saturated carbocycles. The third kappa shape index (κ3) is 3.08. The van der Waals surface area contributed by atoms with Crippen LogP contribution in [0.5, 0.6) is 0 Å². The molecular formula is C16H17N5. The molecule has 0 spiro atoms. The molecule has 5 heteroatoms. The first-order chi connectivity index (χ1) is 10.2. The molecule has 2 heterocycles. The third-order valence-electron chi connectivity index (χ3n) is 3.36. The summed E-state index contributed by atoms with van der Waals surface area (Å²) in [5.74, 6) is 0.841. The summed E-state index contributed by atoms with van der Waals surface area (Å²) in [6.45, 7) is 4.07. The third-order valence-corrected chi connectivity index (χ3v) is 3.36. The van der Waals surface area contributed by atoms with Gasteiger partial charge in [-0.1, -0.05) is 12.1 Å². The van der Waals surface area contributed by atoms with Crippen LogP contribution in [0, 0.1) is 6.92 Å². The number of rotatable bonds is 4. The summed E-state index contributed by atoms with van der Waals surface area (Å²) in [5.41, 5.74) is 3.26. The van der Waals surface area contributed by atoms with Gasteiger partial charge >= 0.3 is 0 Å². The molecule has 3 aromatic rings. The topological polar surface area (TPSA) is 55.6 Å². The molecular weight excluding hydrogens is 262 g/mol. The summed E-state index contributed by atoms with van der Waals surface area (Å²) in [7, 11) is 0.